The van der Waals surface area contributed by atoms with Gasteiger partial charge in [-0.2, -0.15) is 0 Å². The third-order valence-electron chi connectivity index (χ3n) is 3.83. The van der Waals surface area contributed by atoms with Crippen LogP contribution >= 0.6 is 24.0 Å². The van der Waals surface area contributed by atoms with Crippen LogP contribution in [0, 0.1) is 0 Å². The van der Waals surface area contributed by atoms with Gasteiger partial charge in [-0.1, -0.05) is 12.1 Å². The van der Waals surface area contributed by atoms with Crippen LogP contribution in [0.3, 0.4) is 0 Å². The maximum atomic E-state index is 11.7. The van der Waals surface area contributed by atoms with E-state index in [-0.39, 0.29) is 29.9 Å². The molecule has 0 aliphatic rings. The van der Waals surface area contributed by atoms with Crippen molar-refractivity contribution in [3.05, 3.63) is 53.6 Å². The molecule has 0 aliphatic carbocycles. The summed E-state index contributed by atoms with van der Waals surface area (Å²) in [6.45, 7) is 3.02. The zero-order chi connectivity index (χ0) is 19.6. The van der Waals surface area contributed by atoms with Gasteiger partial charge in [0.05, 0.1) is 13.7 Å². The normalized spacial score (nSPS) is 10.5. The van der Waals surface area contributed by atoms with Crippen molar-refractivity contribution >= 4 is 41.5 Å². The molecule has 0 aliphatic heterocycles. The van der Waals surface area contributed by atoms with E-state index >= 15 is 0 Å². The van der Waals surface area contributed by atoms with E-state index in [0.29, 0.717) is 36.2 Å². The summed E-state index contributed by atoms with van der Waals surface area (Å²) in [5, 5.41) is 9.07. The molecule has 8 heteroatoms. The molecule has 0 aromatic heterocycles. The van der Waals surface area contributed by atoms with Crippen LogP contribution in [0.1, 0.15) is 22.8 Å². The van der Waals surface area contributed by atoms with Crippen molar-refractivity contribution in [3.63, 3.8) is 0 Å². The summed E-state index contributed by atoms with van der Waals surface area (Å²) in [5.41, 5.74) is 2.42. The Labute approximate surface area is 182 Å². The third kappa shape index (κ3) is 6.59. The minimum Gasteiger partial charge on any atom is -0.493 e. The van der Waals surface area contributed by atoms with Crippen molar-refractivity contribution in [2.75, 3.05) is 33.1 Å². The molecule has 0 atom stereocenters. The minimum atomic E-state index is -0.110. The van der Waals surface area contributed by atoms with Gasteiger partial charge in [0, 0.05) is 38.0 Å². The van der Waals surface area contributed by atoms with E-state index in [0.717, 1.165) is 11.3 Å². The molecule has 2 rings (SSSR count). The number of methoxy groups -OCH3 is 1. The highest BCUT2D eigenvalue weighted by molar-refractivity contribution is 14.0. The minimum absolute atomic E-state index is 0. The van der Waals surface area contributed by atoms with E-state index in [2.05, 4.69) is 20.9 Å². The smallest absolute Gasteiger partial charge is 0.251 e. The Morgan fingerprint density at radius 3 is 2.57 bits per heavy atom. The Morgan fingerprint density at radius 1 is 1.14 bits per heavy atom. The second kappa shape index (κ2) is 12.1. The Morgan fingerprint density at radius 2 is 1.93 bits per heavy atom. The molecule has 0 spiro atoms. The van der Waals surface area contributed by atoms with Crippen molar-refractivity contribution in [3.8, 4) is 11.5 Å². The Bertz CT molecular complexity index is 812. The van der Waals surface area contributed by atoms with E-state index < -0.39 is 0 Å². The van der Waals surface area contributed by atoms with Crippen LogP contribution in [-0.2, 0) is 6.54 Å². The largest absolute Gasteiger partial charge is 0.493 e. The monoisotopic (exact) mass is 498 g/mol. The van der Waals surface area contributed by atoms with Gasteiger partial charge in [-0.15, -0.1) is 24.0 Å². The molecule has 3 N–H and O–H groups in total. The third-order valence-corrected chi connectivity index (χ3v) is 3.83. The van der Waals surface area contributed by atoms with Gasteiger partial charge in [-0.25, -0.2) is 0 Å². The number of nitrogens with one attached hydrogen (secondary N) is 3. The number of aliphatic imine (C=N–C) groups is 1. The van der Waals surface area contributed by atoms with E-state index in [1.807, 2.05) is 43.3 Å². The quantitative estimate of drug-likeness (QED) is 0.310. The van der Waals surface area contributed by atoms with Crippen LogP contribution in [0.5, 0.6) is 11.5 Å². The van der Waals surface area contributed by atoms with Crippen molar-refractivity contribution in [2.45, 2.75) is 13.5 Å². The summed E-state index contributed by atoms with van der Waals surface area (Å²) in [6.07, 6.45) is 0. The lowest BCUT2D eigenvalue weighted by molar-refractivity contribution is 0.0963. The van der Waals surface area contributed by atoms with Gasteiger partial charge in [0.15, 0.2) is 17.5 Å². The molecular weight excluding hydrogens is 471 g/mol. The topological polar surface area (TPSA) is 84.0 Å². The average Bonchev–Trinajstić information content (AvgIpc) is 2.71. The summed E-state index contributed by atoms with van der Waals surface area (Å²) in [4.78, 5) is 16.0. The van der Waals surface area contributed by atoms with Gasteiger partial charge < -0.3 is 25.4 Å². The maximum absolute atomic E-state index is 11.7. The zero-order valence-electron chi connectivity index (χ0n) is 16.5. The fourth-order valence-corrected chi connectivity index (χ4v) is 2.49. The van der Waals surface area contributed by atoms with Crippen molar-refractivity contribution in [1.29, 1.82) is 0 Å². The Hall–Kier alpha value is -2.49. The van der Waals surface area contributed by atoms with Crippen molar-refractivity contribution in [1.82, 2.24) is 10.6 Å². The lowest BCUT2D eigenvalue weighted by Crippen LogP contribution is -2.30. The molecule has 28 heavy (non-hydrogen) atoms. The summed E-state index contributed by atoms with van der Waals surface area (Å²) in [6, 6.07) is 13.0. The molecular formula is C20H27IN4O3. The molecule has 0 heterocycles. The number of ether oxygens (including phenoxy) is 2. The SMILES string of the molecule is CCOc1ccc(NC(=NC)NCc2cccc(C(=O)NC)c2)cc1OC.I. The van der Waals surface area contributed by atoms with Gasteiger partial charge in [0.25, 0.3) is 5.91 Å². The van der Waals surface area contributed by atoms with Crippen LogP contribution in [0.2, 0.25) is 0 Å². The first-order valence-electron chi connectivity index (χ1n) is 8.70. The van der Waals surface area contributed by atoms with E-state index in [1.165, 1.54) is 0 Å². The average molecular weight is 498 g/mol. The first-order chi connectivity index (χ1) is 13.1. The lowest BCUT2D eigenvalue weighted by atomic mass is 10.1. The number of hydrogen-bond acceptors (Lipinski definition) is 4. The first kappa shape index (κ1) is 23.5. The van der Waals surface area contributed by atoms with Gasteiger partial charge in [0.2, 0.25) is 0 Å². The number of amides is 1. The number of hydrogen-bond donors (Lipinski definition) is 3. The Balaban J connectivity index is 0.00000392. The number of rotatable bonds is 7. The summed E-state index contributed by atoms with van der Waals surface area (Å²) in [5.74, 6) is 1.84. The molecule has 7 nitrogen and oxygen atoms in total. The van der Waals surface area contributed by atoms with Crippen molar-refractivity contribution < 1.29 is 14.3 Å². The Kier molecular flexibility index (Phi) is 10.1. The first-order valence-corrected chi connectivity index (χ1v) is 8.70. The molecule has 0 bridgehead atoms. The maximum Gasteiger partial charge on any atom is 0.251 e. The molecule has 0 saturated carbocycles. The number of guanidine groups is 1. The van der Waals surface area contributed by atoms with Gasteiger partial charge >= 0.3 is 0 Å². The van der Waals surface area contributed by atoms with Crippen molar-refractivity contribution in [2.24, 2.45) is 4.99 Å². The second-order valence-electron chi connectivity index (χ2n) is 5.63. The standard InChI is InChI=1S/C20H26N4O3.HI/c1-5-27-17-10-9-16(12-18(17)26-4)24-20(22-3)23-13-14-7-6-8-15(11-14)19(25)21-2;/h6-12H,5,13H2,1-4H3,(H,21,25)(H2,22,23,24);1H. The highest BCUT2D eigenvalue weighted by atomic mass is 127. The fourth-order valence-electron chi connectivity index (χ4n) is 2.49. The molecule has 0 radical (unpaired) electrons. The zero-order valence-corrected chi connectivity index (χ0v) is 18.9. The van der Waals surface area contributed by atoms with E-state index in [9.17, 15) is 4.79 Å². The van der Waals surface area contributed by atoms with Crippen LogP contribution in [-0.4, -0.2) is 39.7 Å². The summed E-state index contributed by atoms with van der Waals surface area (Å²) >= 11 is 0. The number of anilines is 1. The molecule has 0 unspecified atom stereocenters. The van der Waals surface area contributed by atoms with Crippen LogP contribution in [0.15, 0.2) is 47.5 Å². The number of carbonyl (C=O) groups is 1. The van der Waals surface area contributed by atoms with E-state index in [4.69, 9.17) is 9.47 Å². The predicted molar refractivity (Wildman–Crippen MR) is 123 cm³/mol. The number of benzene rings is 2. The summed E-state index contributed by atoms with van der Waals surface area (Å²) < 4.78 is 10.9. The lowest BCUT2D eigenvalue weighted by Gasteiger charge is -2.15. The van der Waals surface area contributed by atoms with E-state index in [1.54, 1.807) is 27.3 Å². The summed E-state index contributed by atoms with van der Waals surface area (Å²) in [7, 11) is 4.92. The number of carbonyl (C=O) groups excluding carboxylic acids is 1. The number of halogens is 1. The van der Waals surface area contributed by atoms with Gasteiger partial charge in [-0.3, -0.25) is 9.79 Å². The fraction of sp³-hybridized carbons (Fsp3) is 0.300. The van der Waals surface area contributed by atoms with Crippen LogP contribution < -0.4 is 25.4 Å². The molecule has 2 aromatic carbocycles. The van der Waals surface area contributed by atoms with Crippen LogP contribution in [0.4, 0.5) is 5.69 Å². The highest BCUT2D eigenvalue weighted by Crippen LogP contribution is 2.30. The van der Waals surface area contributed by atoms with Crippen LogP contribution in [0.25, 0.3) is 0 Å². The molecule has 0 fully saturated rings. The van der Waals surface area contributed by atoms with Gasteiger partial charge in [-0.05, 0) is 36.8 Å². The second-order valence-corrected chi connectivity index (χ2v) is 5.63. The van der Waals surface area contributed by atoms with Gasteiger partial charge in [0.1, 0.15) is 0 Å². The molecule has 1 amide bonds. The number of nitrogens with zero attached hydrogens (tertiary/aromatic N) is 1. The molecule has 152 valence electrons. The molecule has 0 saturated heterocycles. The highest BCUT2D eigenvalue weighted by Gasteiger charge is 2.08. The predicted octanol–water partition coefficient (Wildman–Crippen LogP) is 3.26. The molecule has 2 aromatic rings.